The summed E-state index contributed by atoms with van der Waals surface area (Å²) in [5.74, 6) is 1.76. The number of nitrogens with zero attached hydrogens (tertiary/aromatic N) is 3. The summed E-state index contributed by atoms with van der Waals surface area (Å²) in [6.07, 6.45) is 2.44. The summed E-state index contributed by atoms with van der Waals surface area (Å²) >= 11 is 6.32. The Morgan fingerprint density at radius 3 is 2.45 bits per heavy atom. The molecule has 0 aliphatic heterocycles. The minimum atomic E-state index is -0.109. The van der Waals surface area contributed by atoms with E-state index < -0.39 is 0 Å². The van der Waals surface area contributed by atoms with Gasteiger partial charge in [0.1, 0.15) is 16.8 Å². The SMILES string of the molecule is COCCN(c1nc(C(C)(C)C)nc(Cl)c1C)C1CC1. The molecule has 1 fully saturated rings. The van der Waals surface area contributed by atoms with E-state index >= 15 is 0 Å². The molecule has 0 saturated heterocycles. The van der Waals surface area contributed by atoms with Crippen LogP contribution in [0.25, 0.3) is 0 Å². The third kappa shape index (κ3) is 3.41. The van der Waals surface area contributed by atoms with E-state index in [-0.39, 0.29) is 5.41 Å². The summed E-state index contributed by atoms with van der Waals surface area (Å²) in [7, 11) is 1.73. The standard InChI is InChI=1S/C15H24ClN3O/c1-10-12(16)17-14(15(2,3)4)18-13(10)19(8-9-20-5)11-6-7-11/h11H,6-9H2,1-5H3. The van der Waals surface area contributed by atoms with Gasteiger partial charge < -0.3 is 9.64 Å². The van der Waals surface area contributed by atoms with E-state index in [4.69, 9.17) is 21.3 Å². The maximum atomic E-state index is 6.32. The first-order valence-electron chi connectivity index (χ1n) is 7.14. The molecule has 0 unspecified atom stereocenters. The van der Waals surface area contributed by atoms with Gasteiger partial charge in [-0.1, -0.05) is 32.4 Å². The van der Waals surface area contributed by atoms with Crippen LogP contribution in [0.2, 0.25) is 5.15 Å². The van der Waals surface area contributed by atoms with Crippen molar-refractivity contribution in [2.45, 2.75) is 52.0 Å². The van der Waals surface area contributed by atoms with Crippen LogP contribution < -0.4 is 4.90 Å². The highest BCUT2D eigenvalue weighted by Crippen LogP contribution is 2.35. The third-order valence-electron chi connectivity index (χ3n) is 3.53. The molecule has 1 heterocycles. The zero-order chi connectivity index (χ0) is 14.9. The van der Waals surface area contributed by atoms with Crippen LogP contribution in [-0.2, 0) is 10.2 Å². The molecule has 5 heteroatoms. The van der Waals surface area contributed by atoms with E-state index in [9.17, 15) is 0 Å². The van der Waals surface area contributed by atoms with Crippen molar-refractivity contribution in [2.75, 3.05) is 25.2 Å². The second kappa shape index (κ2) is 5.86. The number of hydrogen-bond donors (Lipinski definition) is 0. The first-order chi connectivity index (χ1) is 9.34. The smallest absolute Gasteiger partial charge is 0.137 e. The van der Waals surface area contributed by atoms with Gasteiger partial charge in [-0.2, -0.15) is 0 Å². The molecular weight excluding hydrogens is 274 g/mol. The highest BCUT2D eigenvalue weighted by Gasteiger charge is 2.32. The average molecular weight is 298 g/mol. The molecule has 0 aromatic carbocycles. The Morgan fingerprint density at radius 2 is 1.95 bits per heavy atom. The molecule has 0 amide bonds. The van der Waals surface area contributed by atoms with Gasteiger partial charge in [-0.25, -0.2) is 9.97 Å². The van der Waals surface area contributed by atoms with E-state index in [1.54, 1.807) is 7.11 Å². The van der Waals surface area contributed by atoms with Gasteiger partial charge in [0.2, 0.25) is 0 Å². The van der Waals surface area contributed by atoms with Crippen LogP contribution >= 0.6 is 11.6 Å². The largest absolute Gasteiger partial charge is 0.383 e. The summed E-state index contributed by atoms with van der Waals surface area (Å²) in [6.45, 7) is 9.85. The molecule has 1 aliphatic carbocycles. The van der Waals surface area contributed by atoms with Crippen LogP contribution in [0.3, 0.4) is 0 Å². The molecule has 112 valence electrons. The topological polar surface area (TPSA) is 38.2 Å². The monoisotopic (exact) mass is 297 g/mol. The van der Waals surface area contributed by atoms with Gasteiger partial charge in [-0.15, -0.1) is 0 Å². The first kappa shape index (κ1) is 15.5. The van der Waals surface area contributed by atoms with Crippen molar-refractivity contribution in [1.82, 2.24) is 9.97 Å². The maximum Gasteiger partial charge on any atom is 0.137 e. The van der Waals surface area contributed by atoms with Crippen LogP contribution in [0.15, 0.2) is 0 Å². The highest BCUT2D eigenvalue weighted by atomic mass is 35.5. The molecule has 4 nitrogen and oxygen atoms in total. The number of ether oxygens (including phenoxy) is 1. The molecule has 0 spiro atoms. The van der Waals surface area contributed by atoms with Gasteiger partial charge in [0.25, 0.3) is 0 Å². The van der Waals surface area contributed by atoms with Crippen LogP contribution in [0.1, 0.15) is 45.0 Å². The summed E-state index contributed by atoms with van der Waals surface area (Å²) in [5, 5.41) is 0.558. The van der Waals surface area contributed by atoms with Crippen LogP contribution in [-0.4, -0.2) is 36.3 Å². The van der Waals surface area contributed by atoms with Gasteiger partial charge >= 0.3 is 0 Å². The number of halogens is 1. The van der Waals surface area contributed by atoms with Crippen molar-refractivity contribution in [2.24, 2.45) is 0 Å². The van der Waals surface area contributed by atoms with E-state index in [1.165, 1.54) is 12.8 Å². The Balaban J connectivity index is 2.39. The minimum absolute atomic E-state index is 0.109. The predicted molar refractivity (Wildman–Crippen MR) is 82.7 cm³/mol. The molecule has 1 aliphatic rings. The predicted octanol–water partition coefficient (Wildman–Crippen LogP) is 3.35. The Bertz CT molecular complexity index is 481. The number of rotatable bonds is 5. The molecule has 1 aromatic rings. The lowest BCUT2D eigenvalue weighted by molar-refractivity contribution is 0.204. The molecule has 0 bridgehead atoms. The Hall–Kier alpha value is -0.870. The Morgan fingerprint density at radius 1 is 1.30 bits per heavy atom. The number of aromatic nitrogens is 2. The minimum Gasteiger partial charge on any atom is -0.383 e. The molecular formula is C15H24ClN3O. The van der Waals surface area contributed by atoms with E-state index in [2.05, 4.69) is 30.7 Å². The van der Waals surface area contributed by atoms with Crippen molar-refractivity contribution in [1.29, 1.82) is 0 Å². The van der Waals surface area contributed by atoms with Crippen molar-refractivity contribution < 1.29 is 4.74 Å². The number of anilines is 1. The third-order valence-corrected chi connectivity index (χ3v) is 3.90. The van der Waals surface area contributed by atoms with Crippen LogP contribution in [0.4, 0.5) is 5.82 Å². The lowest BCUT2D eigenvalue weighted by Gasteiger charge is -2.27. The average Bonchev–Trinajstić information content (AvgIpc) is 3.17. The van der Waals surface area contributed by atoms with Gasteiger partial charge in [0.15, 0.2) is 0 Å². The lowest BCUT2D eigenvalue weighted by atomic mass is 9.95. The number of methoxy groups -OCH3 is 1. The fraction of sp³-hybridized carbons (Fsp3) is 0.733. The molecule has 0 N–H and O–H groups in total. The van der Waals surface area contributed by atoms with Crippen molar-refractivity contribution in [3.63, 3.8) is 0 Å². The van der Waals surface area contributed by atoms with Gasteiger partial charge in [0.05, 0.1) is 6.61 Å². The Kier molecular flexibility index (Phi) is 4.55. The van der Waals surface area contributed by atoms with Crippen molar-refractivity contribution in [3.05, 3.63) is 16.5 Å². The summed E-state index contributed by atoms with van der Waals surface area (Å²) in [6, 6.07) is 0.572. The zero-order valence-corrected chi connectivity index (χ0v) is 13.8. The normalized spacial score (nSPS) is 15.5. The molecule has 0 radical (unpaired) electrons. The fourth-order valence-corrected chi connectivity index (χ4v) is 2.30. The molecule has 1 saturated carbocycles. The quantitative estimate of drug-likeness (QED) is 0.781. The summed E-state index contributed by atoms with van der Waals surface area (Å²) in [4.78, 5) is 11.6. The van der Waals surface area contributed by atoms with E-state index in [1.807, 2.05) is 6.92 Å². The second-order valence-corrected chi connectivity index (χ2v) is 6.81. The Labute approximate surface area is 126 Å². The number of hydrogen-bond acceptors (Lipinski definition) is 4. The molecule has 20 heavy (non-hydrogen) atoms. The second-order valence-electron chi connectivity index (χ2n) is 6.45. The maximum absolute atomic E-state index is 6.32. The fourth-order valence-electron chi connectivity index (χ4n) is 2.13. The first-order valence-corrected chi connectivity index (χ1v) is 7.52. The molecule has 2 rings (SSSR count). The van der Waals surface area contributed by atoms with Gasteiger partial charge in [0, 0.05) is 30.7 Å². The zero-order valence-electron chi connectivity index (χ0n) is 13.0. The van der Waals surface area contributed by atoms with Gasteiger partial charge in [-0.3, -0.25) is 0 Å². The van der Waals surface area contributed by atoms with Crippen molar-refractivity contribution in [3.8, 4) is 0 Å². The molecule has 0 atom stereocenters. The molecule has 1 aromatic heterocycles. The van der Waals surface area contributed by atoms with Crippen molar-refractivity contribution >= 4 is 17.4 Å². The van der Waals surface area contributed by atoms with Crippen LogP contribution in [0.5, 0.6) is 0 Å². The van der Waals surface area contributed by atoms with Crippen LogP contribution in [0, 0.1) is 6.92 Å². The highest BCUT2D eigenvalue weighted by molar-refractivity contribution is 6.30. The van der Waals surface area contributed by atoms with E-state index in [0.29, 0.717) is 17.8 Å². The lowest BCUT2D eigenvalue weighted by Crippen LogP contribution is -2.32. The van der Waals surface area contributed by atoms with E-state index in [0.717, 1.165) is 23.8 Å². The van der Waals surface area contributed by atoms with Gasteiger partial charge in [-0.05, 0) is 19.8 Å². The summed E-state index contributed by atoms with van der Waals surface area (Å²) in [5.41, 5.74) is 0.852. The summed E-state index contributed by atoms with van der Waals surface area (Å²) < 4.78 is 5.22.